The van der Waals surface area contributed by atoms with Crippen LogP contribution in [0.1, 0.15) is 5.56 Å². The third-order valence-electron chi connectivity index (χ3n) is 4.49. The SMILES string of the molecule is Cc1ccccc1SCC(=O)N1CCN(S(=O)(=O)c2ccccc2Cl)CC1. The summed E-state index contributed by atoms with van der Waals surface area (Å²) in [4.78, 5) is 15.4. The van der Waals surface area contributed by atoms with E-state index in [0.717, 1.165) is 10.5 Å². The molecule has 0 radical (unpaired) electrons. The van der Waals surface area contributed by atoms with Crippen molar-refractivity contribution < 1.29 is 13.2 Å². The van der Waals surface area contributed by atoms with E-state index in [4.69, 9.17) is 11.6 Å². The van der Waals surface area contributed by atoms with Gasteiger partial charge in [0.05, 0.1) is 10.8 Å². The Morgan fingerprint density at radius 1 is 1.04 bits per heavy atom. The highest BCUT2D eigenvalue weighted by atomic mass is 35.5. The lowest BCUT2D eigenvalue weighted by Gasteiger charge is -2.34. The molecule has 1 aliphatic rings. The van der Waals surface area contributed by atoms with Crippen LogP contribution >= 0.6 is 23.4 Å². The van der Waals surface area contributed by atoms with Gasteiger partial charge in [0.1, 0.15) is 4.90 Å². The van der Waals surface area contributed by atoms with Crippen molar-refractivity contribution in [2.75, 3.05) is 31.9 Å². The number of nitrogens with zero attached hydrogens (tertiary/aromatic N) is 2. The van der Waals surface area contributed by atoms with Crippen LogP contribution in [0.5, 0.6) is 0 Å². The standard InChI is InChI=1S/C19H21ClN2O3S2/c1-15-6-2-4-8-17(15)26-14-19(23)21-10-12-22(13-11-21)27(24,25)18-9-5-3-7-16(18)20/h2-9H,10-14H2,1H3. The topological polar surface area (TPSA) is 57.7 Å². The van der Waals surface area contributed by atoms with E-state index in [1.807, 2.05) is 31.2 Å². The number of rotatable bonds is 5. The summed E-state index contributed by atoms with van der Waals surface area (Å²) in [5.74, 6) is 0.375. The Bertz CT molecular complexity index is 926. The molecule has 3 rings (SSSR count). The van der Waals surface area contributed by atoms with Gasteiger partial charge in [0, 0.05) is 31.1 Å². The fourth-order valence-electron chi connectivity index (χ4n) is 2.92. The molecule has 2 aromatic rings. The zero-order valence-corrected chi connectivity index (χ0v) is 17.4. The molecule has 0 saturated carbocycles. The number of amides is 1. The summed E-state index contributed by atoms with van der Waals surface area (Å²) in [6, 6.07) is 14.4. The van der Waals surface area contributed by atoms with E-state index in [0.29, 0.717) is 18.8 Å². The van der Waals surface area contributed by atoms with E-state index >= 15 is 0 Å². The molecule has 144 valence electrons. The van der Waals surface area contributed by atoms with Crippen LogP contribution in [0.15, 0.2) is 58.3 Å². The van der Waals surface area contributed by atoms with Gasteiger partial charge in [-0.25, -0.2) is 8.42 Å². The van der Waals surface area contributed by atoms with Gasteiger partial charge in [-0.3, -0.25) is 4.79 Å². The molecule has 0 spiro atoms. The van der Waals surface area contributed by atoms with Crippen LogP contribution in [-0.2, 0) is 14.8 Å². The van der Waals surface area contributed by atoms with Crippen molar-refractivity contribution in [2.45, 2.75) is 16.7 Å². The quantitative estimate of drug-likeness (QED) is 0.691. The van der Waals surface area contributed by atoms with E-state index in [1.165, 1.54) is 22.1 Å². The third-order valence-corrected chi connectivity index (χ3v) is 8.05. The first kappa shape index (κ1) is 20.2. The third kappa shape index (κ3) is 4.66. The van der Waals surface area contributed by atoms with Crippen LogP contribution in [0.3, 0.4) is 0 Å². The summed E-state index contributed by atoms with van der Waals surface area (Å²) in [6.45, 7) is 3.33. The molecule has 0 N–H and O–H groups in total. The molecule has 1 aliphatic heterocycles. The molecular weight excluding hydrogens is 404 g/mol. The summed E-state index contributed by atoms with van der Waals surface area (Å²) < 4.78 is 26.9. The van der Waals surface area contributed by atoms with Gasteiger partial charge in [-0.15, -0.1) is 11.8 Å². The molecular formula is C19H21ClN2O3S2. The van der Waals surface area contributed by atoms with Crippen LogP contribution in [0, 0.1) is 6.92 Å². The maximum absolute atomic E-state index is 12.8. The number of halogens is 1. The van der Waals surface area contributed by atoms with E-state index in [9.17, 15) is 13.2 Å². The summed E-state index contributed by atoms with van der Waals surface area (Å²) in [5, 5.41) is 0.214. The monoisotopic (exact) mass is 424 g/mol. The van der Waals surface area contributed by atoms with E-state index < -0.39 is 10.0 Å². The fraction of sp³-hybridized carbons (Fsp3) is 0.316. The zero-order chi connectivity index (χ0) is 19.4. The summed E-state index contributed by atoms with van der Waals surface area (Å²) in [7, 11) is -3.64. The maximum atomic E-state index is 12.8. The van der Waals surface area contributed by atoms with Crippen molar-refractivity contribution >= 4 is 39.3 Å². The van der Waals surface area contributed by atoms with E-state index in [2.05, 4.69) is 0 Å². The minimum atomic E-state index is -3.64. The largest absolute Gasteiger partial charge is 0.339 e. The number of sulfonamides is 1. The predicted molar refractivity (Wildman–Crippen MR) is 109 cm³/mol. The second kappa shape index (κ2) is 8.65. The maximum Gasteiger partial charge on any atom is 0.244 e. The molecule has 5 nitrogen and oxygen atoms in total. The molecule has 2 aromatic carbocycles. The first-order valence-corrected chi connectivity index (χ1v) is 11.4. The van der Waals surface area contributed by atoms with Crippen LogP contribution < -0.4 is 0 Å². The molecule has 1 heterocycles. The molecule has 0 atom stereocenters. The normalized spacial score (nSPS) is 15.7. The summed E-state index contributed by atoms with van der Waals surface area (Å²) in [6.07, 6.45) is 0. The number of carbonyl (C=O) groups excluding carboxylic acids is 1. The molecule has 1 amide bonds. The first-order valence-electron chi connectivity index (χ1n) is 8.60. The van der Waals surface area contributed by atoms with Crippen LogP contribution in [-0.4, -0.2) is 55.5 Å². The highest BCUT2D eigenvalue weighted by Crippen LogP contribution is 2.26. The van der Waals surface area contributed by atoms with Crippen molar-refractivity contribution in [3.05, 3.63) is 59.1 Å². The Labute approximate surface area is 169 Å². The lowest BCUT2D eigenvalue weighted by molar-refractivity contribution is -0.129. The molecule has 1 fully saturated rings. The van der Waals surface area contributed by atoms with E-state index in [1.54, 1.807) is 23.1 Å². The number of piperazine rings is 1. The average molecular weight is 425 g/mol. The molecule has 0 bridgehead atoms. The zero-order valence-electron chi connectivity index (χ0n) is 15.0. The summed E-state index contributed by atoms with van der Waals surface area (Å²) in [5.41, 5.74) is 1.14. The number of benzene rings is 2. The van der Waals surface area contributed by atoms with Gasteiger partial charge in [-0.2, -0.15) is 4.31 Å². The van der Waals surface area contributed by atoms with Gasteiger partial charge >= 0.3 is 0 Å². The first-order chi connectivity index (χ1) is 12.9. The predicted octanol–water partition coefficient (Wildman–Crippen LogP) is 3.27. The number of thioether (sulfide) groups is 1. The molecule has 1 saturated heterocycles. The molecule has 0 aliphatic carbocycles. The Kier molecular flexibility index (Phi) is 6.47. The lowest BCUT2D eigenvalue weighted by Crippen LogP contribution is -2.51. The Hall–Kier alpha value is -1.54. The summed E-state index contributed by atoms with van der Waals surface area (Å²) >= 11 is 7.56. The van der Waals surface area contributed by atoms with Gasteiger partial charge in [0.2, 0.25) is 15.9 Å². The number of hydrogen-bond acceptors (Lipinski definition) is 4. The van der Waals surface area contributed by atoms with Crippen LogP contribution in [0.4, 0.5) is 0 Å². The molecule has 27 heavy (non-hydrogen) atoms. The van der Waals surface area contributed by atoms with Crippen molar-refractivity contribution in [2.24, 2.45) is 0 Å². The molecule has 0 unspecified atom stereocenters. The van der Waals surface area contributed by atoms with E-state index in [-0.39, 0.29) is 28.9 Å². The number of hydrogen-bond donors (Lipinski definition) is 0. The molecule has 0 aromatic heterocycles. The van der Waals surface area contributed by atoms with Crippen molar-refractivity contribution in [1.82, 2.24) is 9.21 Å². The fourth-order valence-corrected chi connectivity index (χ4v) is 5.77. The highest BCUT2D eigenvalue weighted by molar-refractivity contribution is 8.00. The van der Waals surface area contributed by atoms with Gasteiger partial charge in [-0.05, 0) is 30.7 Å². The van der Waals surface area contributed by atoms with Gasteiger partial charge in [0.15, 0.2) is 0 Å². The van der Waals surface area contributed by atoms with Crippen molar-refractivity contribution in [3.63, 3.8) is 0 Å². The van der Waals surface area contributed by atoms with Gasteiger partial charge in [-0.1, -0.05) is 41.9 Å². The average Bonchev–Trinajstić information content (AvgIpc) is 2.67. The Morgan fingerprint density at radius 2 is 1.67 bits per heavy atom. The Morgan fingerprint density at radius 3 is 2.33 bits per heavy atom. The van der Waals surface area contributed by atoms with Crippen LogP contribution in [0.2, 0.25) is 5.02 Å². The lowest BCUT2D eigenvalue weighted by atomic mass is 10.2. The van der Waals surface area contributed by atoms with Gasteiger partial charge in [0.25, 0.3) is 0 Å². The van der Waals surface area contributed by atoms with Crippen molar-refractivity contribution in [1.29, 1.82) is 0 Å². The molecule has 8 heteroatoms. The number of carbonyl (C=O) groups is 1. The Balaban J connectivity index is 1.58. The smallest absolute Gasteiger partial charge is 0.244 e. The van der Waals surface area contributed by atoms with Crippen LogP contribution in [0.25, 0.3) is 0 Å². The second-order valence-electron chi connectivity index (χ2n) is 6.27. The minimum Gasteiger partial charge on any atom is -0.339 e. The van der Waals surface area contributed by atoms with Gasteiger partial charge < -0.3 is 4.90 Å². The minimum absolute atomic E-state index is 0.0260. The number of aryl methyl sites for hydroxylation is 1. The second-order valence-corrected chi connectivity index (χ2v) is 9.60. The van der Waals surface area contributed by atoms with Crippen molar-refractivity contribution in [3.8, 4) is 0 Å². The highest BCUT2D eigenvalue weighted by Gasteiger charge is 2.31.